The third kappa shape index (κ3) is 5.03. The molecule has 0 atom stereocenters. The second-order valence-electron chi connectivity index (χ2n) is 4.24. The van der Waals surface area contributed by atoms with Crippen LogP contribution >= 0.6 is 11.8 Å². The monoisotopic (exact) mass is 222 g/mol. The number of thioether (sulfide) groups is 1. The van der Waals surface area contributed by atoms with Gasteiger partial charge in [0.1, 0.15) is 5.78 Å². The van der Waals surface area contributed by atoms with E-state index in [1.54, 1.807) is 11.8 Å². The molecule has 0 N–H and O–H groups in total. The molecule has 0 amide bonds. The minimum atomic E-state index is 0.344. The van der Waals surface area contributed by atoms with E-state index in [1.165, 1.54) is 10.5 Å². The number of carbonyl (C=O) groups is 1. The third-order valence-electron chi connectivity index (χ3n) is 2.03. The van der Waals surface area contributed by atoms with Gasteiger partial charge in [-0.05, 0) is 25.0 Å². The van der Waals surface area contributed by atoms with E-state index in [1.807, 2.05) is 6.07 Å². The maximum Gasteiger partial charge on any atom is 0.143 e. The lowest BCUT2D eigenvalue weighted by atomic mass is 10.1. The first-order valence-electron chi connectivity index (χ1n) is 5.29. The Kier molecular flexibility index (Phi) is 4.89. The van der Waals surface area contributed by atoms with Gasteiger partial charge in [-0.3, -0.25) is 4.79 Å². The lowest BCUT2D eigenvalue weighted by Gasteiger charge is -2.04. The quantitative estimate of drug-likeness (QED) is 0.707. The molecule has 0 saturated heterocycles. The predicted molar refractivity (Wildman–Crippen MR) is 66.4 cm³/mol. The summed E-state index contributed by atoms with van der Waals surface area (Å²) in [5, 5.41) is 0. The summed E-state index contributed by atoms with van der Waals surface area (Å²) in [6.07, 6.45) is 0.693. The fraction of sp³-hybridized carbons (Fsp3) is 0.462. The molecule has 0 unspecified atom stereocenters. The van der Waals surface area contributed by atoms with Gasteiger partial charge < -0.3 is 0 Å². The molecule has 0 saturated carbocycles. The van der Waals surface area contributed by atoms with Crippen molar-refractivity contribution in [1.82, 2.24) is 0 Å². The van der Waals surface area contributed by atoms with E-state index in [0.717, 1.165) is 0 Å². The van der Waals surface area contributed by atoms with Crippen LogP contribution in [0.25, 0.3) is 0 Å². The fourth-order valence-electron chi connectivity index (χ4n) is 1.38. The molecule has 2 heteroatoms. The zero-order valence-electron chi connectivity index (χ0n) is 9.62. The van der Waals surface area contributed by atoms with E-state index in [-0.39, 0.29) is 0 Å². The number of ketones is 1. The largest absolute Gasteiger partial charge is 0.299 e. The zero-order chi connectivity index (χ0) is 11.3. The Morgan fingerprint density at radius 1 is 1.40 bits per heavy atom. The number of benzene rings is 1. The SMILES string of the molecule is Cc1cccc(SCC(=O)CC(C)C)c1. The van der Waals surface area contributed by atoms with Crippen LogP contribution in [0, 0.1) is 12.8 Å². The van der Waals surface area contributed by atoms with Crippen LogP contribution in [0.3, 0.4) is 0 Å². The van der Waals surface area contributed by atoms with Gasteiger partial charge in [0.25, 0.3) is 0 Å². The first-order chi connectivity index (χ1) is 7.08. The van der Waals surface area contributed by atoms with Crippen molar-refractivity contribution in [2.24, 2.45) is 5.92 Å². The standard InChI is InChI=1S/C13H18OS/c1-10(2)7-12(14)9-15-13-6-4-5-11(3)8-13/h4-6,8,10H,7,9H2,1-3H3. The summed E-state index contributed by atoms with van der Waals surface area (Å²) < 4.78 is 0. The number of hydrogen-bond donors (Lipinski definition) is 0. The Labute approximate surface area is 96.3 Å². The summed E-state index contributed by atoms with van der Waals surface area (Å²) in [7, 11) is 0. The summed E-state index contributed by atoms with van der Waals surface area (Å²) in [6, 6.07) is 8.28. The van der Waals surface area contributed by atoms with Crippen LogP contribution in [-0.4, -0.2) is 11.5 Å². The average Bonchev–Trinajstić information content (AvgIpc) is 2.14. The van der Waals surface area contributed by atoms with Crippen LogP contribution in [0.1, 0.15) is 25.8 Å². The van der Waals surface area contributed by atoms with Gasteiger partial charge in [-0.1, -0.05) is 31.5 Å². The van der Waals surface area contributed by atoms with Crippen molar-refractivity contribution >= 4 is 17.5 Å². The predicted octanol–water partition coefficient (Wildman–Crippen LogP) is 3.70. The average molecular weight is 222 g/mol. The van der Waals surface area contributed by atoms with Gasteiger partial charge in [0.05, 0.1) is 5.75 Å². The van der Waals surface area contributed by atoms with Gasteiger partial charge >= 0.3 is 0 Å². The molecular weight excluding hydrogens is 204 g/mol. The maximum absolute atomic E-state index is 11.5. The summed E-state index contributed by atoms with van der Waals surface area (Å²) in [5.74, 6) is 1.41. The van der Waals surface area contributed by atoms with Gasteiger partial charge in [0.15, 0.2) is 0 Å². The van der Waals surface area contributed by atoms with Crippen LogP contribution < -0.4 is 0 Å². The van der Waals surface area contributed by atoms with Crippen LogP contribution in [-0.2, 0) is 4.79 Å². The van der Waals surface area contributed by atoms with Gasteiger partial charge in [-0.25, -0.2) is 0 Å². The van der Waals surface area contributed by atoms with Gasteiger partial charge in [-0.15, -0.1) is 11.8 Å². The van der Waals surface area contributed by atoms with Crippen molar-refractivity contribution in [2.75, 3.05) is 5.75 Å². The Morgan fingerprint density at radius 2 is 2.13 bits per heavy atom. The molecule has 0 aliphatic rings. The van der Waals surface area contributed by atoms with Crippen molar-refractivity contribution in [3.05, 3.63) is 29.8 Å². The molecule has 82 valence electrons. The zero-order valence-corrected chi connectivity index (χ0v) is 10.4. The first-order valence-corrected chi connectivity index (χ1v) is 6.27. The molecule has 1 nitrogen and oxygen atoms in total. The van der Waals surface area contributed by atoms with Crippen molar-refractivity contribution < 1.29 is 4.79 Å². The fourth-order valence-corrected chi connectivity index (χ4v) is 2.27. The van der Waals surface area contributed by atoms with Gasteiger partial charge in [0.2, 0.25) is 0 Å². The normalized spacial score (nSPS) is 10.7. The minimum Gasteiger partial charge on any atom is -0.299 e. The highest BCUT2D eigenvalue weighted by atomic mass is 32.2. The van der Waals surface area contributed by atoms with Gasteiger partial charge in [-0.2, -0.15) is 0 Å². The lowest BCUT2D eigenvalue weighted by Crippen LogP contribution is -2.05. The molecule has 0 aliphatic heterocycles. The molecule has 0 spiro atoms. The van der Waals surface area contributed by atoms with E-state index in [0.29, 0.717) is 23.9 Å². The van der Waals surface area contributed by atoms with Crippen LogP contribution in [0.15, 0.2) is 29.2 Å². The Balaban J connectivity index is 2.40. The van der Waals surface area contributed by atoms with Crippen LogP contribution in [0.2, 0.25) is 0 Å². The second kappa shape index (κ2) is 5.96. The molecule has 0 aliphatic carbocycles. The maximum atomic E-state index is 11.5. The highest BCUT2D eigenvalue weighted by Crippen LogP contribution is 2.19. The first kappa shape index (κ1) is 12.3. The van der Waals surface area contributed by atoms with E-state index >= 15 is 0 Å². The lowest BCUT2D eigenvalue weighted by molar-refractivity contribution is -0.117. The summed E-state index contributed by atoms with van der Waals surface area (Å²) in [6.45, 7) is 6.23. The molecular formula is C13H18OS. The molecule has 0 bridgehead atoms. The summed E-state index contributed by atoms with van der Waals surface area (Å²) in [5.41, 5.74) is 1.25. The molecule has 0 fully saturated rings. The van der Waals surface area contributed by atoms with E-state index in [9.17, 15) is 4.79 Å². The second-order valence-corrected chi connectivity index (χ2v) is 5.29. The van der Waals surface area contributed by atoms with Crippen LogP contribution in [0.5, 0.6) is 0 Å². The van der Waals surface area contributed by atoms with Crippen molar-refractivity contribution in [2.45, 2.75) is 32.1 Å². The highest BCUT2D eigenvalue weighted by Gasteiger charge is 2.05. The topological polar surface area (TPSA) is 17.1 Å². The highest BCUT2D eigenvalue weighted by molar-refractivity contribution is 8.00. The van der Waals surface area contributed by atoms with Gasteiger partial charge in [0, 0.05) is 11.3 Å². The van der Waals surface area contributed by atoms with Crippen LogP contribution in [0.4, 0.5) is 0 Å². The van der Waals surface area contributed by atoms with Crippen molar-refractivity contribution in [1.29, 1.82) is 0 Å². The Morgan fingerprint density at radius 3 is 2.73 bits per heavy atom. The van der Waals surface area contributed by atoms with Crippen molar-refractivity contribution in [3.63, 3.8) is 0 Å². The summed E-state index contributed by atoms with van der Waals surface area (Å²) >= 11 is 1.64. The molecule has 1 rings (SSSR count). The number of hydrogen-bond acceptors (Lipinski definition) is 2. The third-order valence-corrected chi connectivity index (χ3v) is 3.08. The number of aryl methyl sites for hydroxylation is 1. The number of rotatable bonds is 5. The molecule has 15 heavy (non-hydrogen) atoms. The van der Waals surface area contributed by atoms with E-state index < -0.39 is 0 Å². The molecule has 1 aromatic carbocycles. The van der Waals surface area contributed by atoms with E-state index in [4.69, 9.17) is 0 Å². The smallest absolute Gasteiger partial charge is 0.143 e. The number of Topliss-reactive ketones (excluding diaryl/α,β-unsaturated/α-hetero) is 1. The Bertz CT molecular complexity index is 331. The molecule has 1 aromatic rings. The number of carbonyl (C=O) groups excluding carboxylic acids is 1. The van der Waals surface area contributed by atoms with Crippen molar-refractivity contribution in [3.8, 4) is 0 Å². The summed E-state index contributed by atoms with van der Waals surface area (Å²) in [4.78, 5) is 12.7. The van der Waals surface area contributed by atoms with E-state index in [2.05, 4.69) is 39.0 Å². The Hall–Kier alpha value is -0.760. The molecule has 0 heterocycles. The minimum absolute atomic E-state index is 0.344. The molecule has 0 radical (unpaired) electrons. The molecule has 0 aromatic heterocycles.